The van der Waals surface area contributed by atoms with Crippen LogP contribution in [0.15, 0.2) is 71.7 Å². The number of rotatable bonds is 3. The zero-order chi connectivity index (χ0) is 20.8. The fourth-order valence-corrected chi connectivity index (χ4v) is 5.59. The third kappa shape index (κ3) is 3.24. The highest BCUT2D eigenvalue weighted by Crippen LogP contribution is 2.40. The van der Waals surface area contributed by atoms with Crippen LogP contribution in [0.3, 0.4) is 0 Å². The first-order valence-electron chi connectivity index (χ1n) is 11.3. The summed E-state index contributed by atoms with van der Waals surface area (Å²) >= 11 is 0. The third-order valence-corrected chi connectivity index (χ3v) is 7.15. The SMILES string of the molecule is O=c1[nH]c2ccccc2n1C1CCC(CC2OCc3ccccc3-n3cccc32)CC1. The monoisotopic (exact) mass is 413 g/mol. The maximum absolute atomic E-state index is 12.6. The van der Waals surface area contributed by atoms with Gasteiger partial charge in [-0.05, 0) is 68.4 Å². The van der Waals surface area contributed by atoms with Gasteiger partial charge in [0.2, 0.25) is 0 Å². The number of benzene rings is 2. The van der Waals surface area contributed by atoms with E-state index in [-0.39, 0.29) is 17.8 Å². The van der Waals surface area contributed by atoms with Gasteiger partial charge in [-0.15, -0.1) is 0 Å². The summed E-state index contributed by atoms with van der Waals surface area (Å²) < 4.78 is 10.7. The van der Waals surface area contributed by atoms with Gasteiger partial charge in [0.25, 0.3) is 0 Å². The van der Waals surface area contributed by atoms with E-state index in [1.807, 2.05) is 28.8 Å². The molecule has 6 rings (SSSR count). The van der Waals surface area contributed by atoms with Crippen LogP contribution in [-0.4, -0.2) is 14.1 Å². The van der Waals surface area contributed by atoms with Crippen LogP contribution in [0, 0.1) is 5.92 Å². The molecular weight excluding hydrogens is 386 g/mol. The molecule has 1 aliphatic heterocycles. The van der Waals surface area contributed by atoms with Crippen LogP contribution < -0.4 is 5.69 Å². The molecule has 31 heavy (non-hydrogen) atoms. The smallest absolute Gasteiger partial charge is 0.326 e. The maximum Gasteiger partial charge on any atom is 0.326 e. The number of aromatic amines is 1. The Hall–Kier alpha value is -3.05. The van der Waals surface area contributed by atoms with Gasteiger partial charge in [0.15, 0.2) is 0 Å². The summed E-state index contributed by atoms with van der Waals surface area (Å²) in [4.78, 5) is 15.6. The van der Waals surface area contributed by atoms with Crippen molar-refractivity contribution in [3.05, 3.63) is 88.6 Å². The van der Waals surface area contributed by atoms with E-state index in [9.17, 15) is 4.79 Å². The van der Waals surface area contributed by atoms with E-state index in [2.05, 4.69) is 52.1 Å². The summed E-state index contributed by atoms with van der Waals surface area (Å²) in [6.45, 7) is 0.655. The summed E-state index contributed by atoms with van der Waals surface area (Å²) in [6.07, 6.45) is 7.64. The van der Waals surface area contributed by atoms with Gasteiger partial charge in [-0.2, -0.15) is 0 Å². The van der Waals surface area contributed by atoms with E-state index in [0.717, 1.165) is 43.1 Å². The molecule has 5 nitrogen and oxygen atoms in total. The summed E-state index contributed by atoms with van der Waals surface area (Å²) in [5.74, 6) is 0.617. The van der Waals surface area contributed by atoms with E-state index < -0.39 is 0 Å². The lowest BCUT2D eigenvalue weighted by molar-refractivity contribution is 0.0171. The van der Waals surface area contributed by atoms with Gasteiger partial charge in [0.1, 0.15) is 0 Å². The van der Waals surface area contributed by atoms with Crippen molar-refractivity contribution in [1.29, 1.82) is 0 Å². The first-order valence-corrected chi connectivity index (χ1v) is 11.3. The first kappa shape index (κ1) is 18.7. The standard InChI is InChI=1S/C26H27N3O2/c30-26-27-21-7-2-4-9-23(21)29(26)20-13-11-18(12-14-20)16-25-24-10-5-15-28(24)22-8-3-1-6-19(22)17-31-25/h1-10,15,18,20,25H,11-14,16-17H2,(H,27,30). The van der Waals surface area contributed by atoms with Crippen molar-refractivity contribution in [2.45, 2.75) is 50.9 Å². The number of nitrogens with zero attached hydrogens (tertiary/aromatic N) is 2. The molecule has 2 aromatic heterocycles. The lowest BCUT2D eigenvalue weighted by Gasteiger charge is -2.31. The predicted octanol–water partition coefficient (Wildman–Crippen LogP) is 5.51. The van der Waals surface area contributed by atoms with Gasteiger partial charge in [-0.1, -0.05) is 30.3 Å². The van der Waals surface area contributed by atoms with E-state index in [1.54, 1.807) is 0 Å². The molecule has 2 aliphatic rings. The number of aromatic nitrogens is 3. The van der Waals surface area contributed by atoms with Gasteiger partial charge in [-0.25, -0.2) is 4.79 Å². The van der Waals surface area contributed by atoms with Gasteiger partial charge < -0.3 is 14.3 Å². The van der Waals surface area contributed by atoms with Crippen LogP contribution in [0.5, 0.6) is 0 Å². The Balaban J connectivity index is 1.18. The molecule has 1 atom stereocenters. The van der Waals surface area contributed by atoms with E-state index in [1.165, 1.54) is 16.9 Å². The highest BCUT2D eigenvalue weighted by molar-refractivity contribution is 5.75. The second-order valence-electron chi connectivity index (χ2n) is 8.96. The van der Waals surface area contributed by atoms with Crippen molar-refractivity contribution in [3.63, 3.8) is 0 Å². The summed E-state index contributed by atoms with van der Waals surface area (Å²) in [5.41, 5.74) is 5.70. The number of hydrogen-bond acceptors (Lipinski definition) is 2. The first-order chi connectivity index (χ1) is 15.3. The van der Waals surface area contributed by atoms with Crippen molar-refractivity contribution in [3.8, 4) is 5.69 Å². The van der Waals surface area contributed by atoms with E-state index in [0.29, 0.717) is 12.5 Å². The Bertz CT molecular complexity index is 1270. The van der Waals surface area contributed by atoms with Crippen LogP contribution in [0.25, 0.3) is 16.7 Å². The molecular formula is C26H27N3O2. The number of hydrogen-bond donors (Lipinski definition) is 1. The molecule has 4 aromatic rings. The van der Waals surface area contributed by atoms with Crippen molar-refractivity contribution < 1.29 is 4.74 Å². The predicted molar refractivity (Wildman–Crippen MR) is 121 cm³/mol. The minimum atomic E-state index is 0.0207. The number of imidazole rings is 1. The molecule has 0 bridgehead atoms. The second-order valence-corrected chi connectivity index (χ2v) is 8.96. The van der Waals surface area contributed by atoms with E-state index in [4.69, 9.17) is 4.74 Å². The van der Waals surface area contributed by atoms with Gasteiger partial charge in [0.05, 0.1) is 35.1 Å². The molecule has 1 fully saturated rings. The molecule has 0 radical (unpaired) electrons. The van der Waals surface area contributed by atoms with Crippen molar-refractivity contribution in [2.24, 2.45) is 5.92 Å². The molecule has 0 saturated heterocycles. The normalized spacial score (nSPS) is 23.3. The van der Waals surface area contributed by atoms with Gasteiger partial charge in [-0.3, -0.25) is 4.57 Å². The molecule has 1 unspecified atom stereocenters. The zero-order valence-electron chi connectivity index (χ0n) is 17.5. The van der Waals surface area contributed by atoms with Crippen molar-refractivity contribution in [2.75, 3.05) is 0 Å². The molecule has 2 aromatic carbocycles. The summed E-state index contributed by atoms with van der Waals surface area (Å²) in [7, 11) is 0. The average molecular weight is 414 g/mol. The van der Waals surface area contributed by atoms with E-state index >= 15 is 0 Å². The number of ether oxygens (including phenoxy) is 1. The Labute approximate surface area is 181 Å². The lowest BCUT2D eigenvalue weighted by Crippen LogP contribution is -2.27. The van der Waals surface area contributed by atoms with Crippen LogP contribution in [0.1, 0.15) is 55.5 Å². The van der Waals surface area contributed by atoms with Crippen LogP contribution in [-0.2, 0) is 11.3 Å². The second kappa shape index (κ2) is 7.57. The zero-order valence-corrected chi connectivity index (χ0v) is 17.5. The fraction of sp³-hybridized carbons (Fsp3) is 0.346. The summed E-state index contributed by atoms with van der Waals surface area (Å²) in [5, 5.41) is 0. The molecule has 158 valence electrons. The largest absolute Gasteiger partial charge is 0.367 e. The lowest BCUT2D eigenvalue weighted by atomic mass is 9.82. The van der Waals surface area contributed by atoms with Crippen LogP contribution in [0.2, 0.25) is 0 Å². The molecule has 0 spiro atoms. The minimum Gasteiger partial charge on any atom is -0.367 e. The molecule has 1 aliphatic carbocycles. The number of nitrogens with one attached hydrogen (secondary N) is 1. The van der Waals surface area contributed by atoms with Crippen LogP contribution in [0.4, 0.5) is 0 Å². The highest BCUT2D eigenvalue weighted by Gasteiger charge is 2.29. The number of H-pyrrole nitrogens is 1. The van der Waals surface area contributed by atoms with Crippen molar-refractivity contribution >= 4 is 11.0 Å². The minimum absolute atomic E-state index is 0.0207. The molecule has 3 heterocycles. The average Bonchev–Trinajstić information content (AvgIpc) is 3.38. The summed E-state index contributed by atoms with van der Waals surface area (Å²) in [6, 6.07) is 21.1. The molecule has 0 amide bonds. The third-order valence-electron chi connectivity index (χ3n) is 7.15. The van der Waals surface area contributed by atoms with Gasteiger partial charge >= 0.3 is 5.69 Å². The Kier molecular flexibility index (Phi) is 4.57. The Morgan fingerprint density at radius 3 is 2.65 bits per heavy atom. The van der Waals surface area contributed by atoms with Gasteiger partial charge in [0, 0.05) is 17.8 Å². The van der Waals surface area contributed by atoms with Crippen LogP contribution >= 0.6 is 0 Å². The highest BCUT2D eigenvalue weighted by atomic mass is 16.5. The molecule has 1 N–H and O–H groups in total. The Morgan fingerprint density at radius 2 is 1.74 bits per heavy atom. The maximum atomic E-state index is 12.6. The Morgan fingerprint density at radius 1 is 0.935 bits per heavy atom. The topological polar surface area (TPSA) is 51.9 Å². The number of fused-ring (bicyclic) bond motifs is 4. The van der Waals surface area contributed by atoms with Crippen molar-refractivity contribution in [1.82, 2.24) is 14.1 Å². The molecule has 5 heteroatoms. The number of para-hydroxylation sites is 3. The quantitative estimate of drug-likeness (QED) is 0.481. The fourth-order valence-electron chi connectivity index (χ4n) is 5.59. The molecule has 1 saturated carbocycles.